The average molecular weight is 145 g/mol. The van der Waals surface area contributed by atoms with Gasteiger partial charge in [0.2, 0.25) is 0 Å². The fraction of sp³-hybridized carbons (Fsp3) is 1.00. The molecule has 0 aromatic carbocycles. The molecule has 0 N–H and O–H groups in total. The van der Waals surface area contributed by atoms with E-state index in [1.807, 2.05) is 0 Å². The van der Waals surface area contributed by atoms with Gasteiger partial charge in [-0.1, -0.05) is 0 Å². The van der Waals surface area contributed by atoms with Crippen molar-refractivity contribution < 1.29 is 9.47 Å². The second kappa shape index (κ2) is 2.86. The lowest BCUT2D eigenvalue weighted by molar-refractivity contribution is -0.205. The Morgan fingerprint density at radius 1 is 1.10 bits per heavy atom. The second-order valence-electron chi connectivity index (χ2n) is 3.49. The Morgan fingerprint density at radius 3 is 1.90 bits per heavy atom. The zero-order valence-electron chi connectivity index (χ0n) is 6.89. The van der Waals surface area contributed by atoms with Crippen LogP contribution in [0.25, 0.3) is 0 Å². The van der Waals surface area contributed by atoms with E-state index in [1.165, 1.54) is 0 Å². The zero-order chi connectivity index (χ0) is 7.61. The number of hydrogen-bond acceptors (Lipinski definition) is 3. The first-order valence-corrected chi connectivity index (χ1v) is 3.51. The van der Waals surface area contributed by atoms with E-state index in [9.17, 15) is 0 Å². The standard InChI is InChI=1S/C7H15NO2/c1-7(2,3)8-4-9-6-10-5-8/h4-6H2,1-3H3. The van der Waals surface area contributed by atoms with Crippen LogP contribution in [-0.4, -0.2) is 30.7 Å². The predicted molar refractivity (Wildman–Crippen MR) is 38.4 cm³/mol. The van der Waals surface area contributed by atoms with E-state index < -0.39 is 0 Å². The highest BCUT2D eigenvalue weighted by molar-refractivity contribution is 4.72. The molecule has 0 spiro atoms. The SMILES string of the molecule is CC(C)(C)N1COCOC1. The van der Waals surface area contributed by atoms with E-state index in [-0.39, 0.29) is 5.54 Å². The van der Waals surface area contributed by atoms with Crippen LogP contribution in [0.1, 0.15) is 20.8 Å². The van der Waals surface area contributed by atoms with Gasteiger partial charge in [0.05, 0.1) is 0 Å². The van der Waals surface area contributed by atoms with Crippen molar-refractivity contribution in [2.75, 3.05) is 20.3 Å². The van der Waals surface area contributed by atoms with Gasteiger partial charge >= 0.3 is 0 Å². The third-order valence-electron chi connectivity index (χ3n) is 1.61. The van der Waals surface area contributed by atoms with Crippen molar-refractivity contribution in [3.05, 3.63) is 0 Å². The summed E-state index contributed by atoms with van der Waals surface area (Å²) in [6.07, 6.45) is 0. The van der Waals surface area contributed by atoms with Crippen LogP contribution in [0, 0.1) is 0 Å². The highest BCUT2D eigenvalue weighted by atomic mass is 16.7. The molecule has 0 bridgehead atoms. The lowest BCUT2D eigenvalue weighted by Crippen LogP contribution is -2.46. The van der Waals surface area contributed by atoms with E-state index in [4.69, 9.17) is 9.47 Å². The molecule has 1 aliphatic rings. The van der Waals surface area contributed by atoms with E-state index >= 15 is 0 Å². The maximum atomic E-state index is 5.11. The molecule has 1 fully saturated rings. The summed E-state index contributed by atoms with van der Waals surface area (Å²) in [6.45, 7) is 8.24. The molecule has 1 rings (SSSR count). The predicted octanol–water partition coefficient (Wildman–Crippen LogP) is 1.01. The molecule has 0 amide bonds. The summed E-state index contributed by atoms with van der Waals surface area (Å²) < 4.78 is 10.2. The van der Waals surface area contributed by atoms with Crippen molar-refractivity contribution in [3.8, 4) is 0 Å². The molecule has 3 nitrogen and oxygen atoms in total. The normalized spacial score (nSPS) is 23.1. The van der Waals surface area contributed by atoms with Gasteiger partial charge < -0.3 is 9.47 Å². The Labute approximate surface area is 61.9 Å². The van der Waals surface area contributed by atoms with Gasteiger partial charge in [-0.15, -0.1) is 0 Å². The molecule has 0 aromatic heterocycles. The van der Waals surface area contributed by atoms with Crippen molar-refractivity contribution in [2.45, 2.75) is 26.3 Å². The molecule has 0 unspecified atom stereocenters. The molecule has 0 atom stereocenters. The summed E-state index contributed by atoms with van der Waals surface area (Å²) >= 11 is 0. The summed E-state index contributed by atoms with van der Waals surface area (Å²) in [5.74, 6) is 0. The van der Waals surface area contributed by atoms with Crippen molar-refractivity contribution >= 4 is 0 Å². The van der Waals surface area contributed by atoms with E-state index in [2.05, 4.69) is 25.7 Å². The first-order chi connectivity index (χ1) is 4.61. The molecule has 3 heteroatoms. The first-order valence-electron chi connectivity index (χ1n) is 3.51. The highest BCUT2D eigenvalue weighted by Crippen LogP contribution is 2.14. The van der Waals surface area contributed by atoms with Crippen molar-refractivity contribution in [2.24, 2.45) is 0 Å². The monoisotopic (exact) mass is 145 g/mol. The minimum Gasteiger partial charge on any atom is -0.340 e. The van der Waals surface area contributed by atoms with Crippen LogP contribution in [0.15, 0.2) is 0 Å². The topological polar surface area (TPSA) is 21.7 Å². The van der Waals surface area contributed by atoms with Crippen LogP contribution in [0.2, 0.25) is 0 Å². The highest BCUT2D eigenvalue weighted by Gasteiger charge is 2.23. The molecule has 1 heterocycles. The Balaban J connectivity index is 2.39. The zero-order valence-corrected chi connectivity index (χ0v) is 6.89. The minimum atomic E-state index is 0.153. The molecular formula is C7H15NO2. The Hall–Kier alpha value is -0.120. The van der Waals surface area contributed by atoms with Crippen LogP contribution in [0.3, 0.4) is 0 Å². The molecule has 10 heavy (non-hydrogen) atoms. The molecule has 1 aliphatic heterocycles. The molecule has 60 valence electrons. The third-order valence-corrected chi connectivity index (χ3v) is 1.61. The minimum absolute atomic E-state index is 0.153. The van der Waals surface area contributed by atoms with Gasteiger partial charge in [-0.25, -0.2) is 0 Å². The van der Waals surface area contributed by atoms with E-state index in [0.717, 1.165) is 0 Å². The van der Waals surface area contributed by atoms with Crippen LogP contribution >= 0.6 is 0 Å². The molecule has 0 aliphatic carbocycles. The summed E-state index contributed by atoms with van der Waals surface area (Å²) in [5, 5.41) is 0. The molecule has 0 saturated carbocycles. The van der Waals surface area contributed by atoms with Crippen LogP contribution in [-0.2, 0) is 9.47 Å². The van der Waals surface area contributed by atoms with Gasteiger partial charge in [0.1, 0.15) is 20.3 Å². The lowest BCUT2D eigenvalue weighted by atomic mass is 10.1. The fourth-order valence-electron chi connectivity index (χ4n) is 0.778. The van der Waals surface area contributed by atoms with Crippen LogP contribution in [0.4, 0.5) is 0 Å². The van der Waals surface area contributed by atoms with Crippen molar-refractivity contribution in [1.29, 1.82) is 0 Å². The lowest BCUT2D eigenvalue weighted by Gasteiger charge is -2.37. The van der Waals surface area contributed by atoms with E-state index in [0.29, 0.717) is 20.3 Å². The van der Waals surface area contributed by atoms with Gasteiger partial charge in [-0.05, 0) is 20.8 Å². The second-order valence-corrected chi connectivity index (χ2v) is 3.49. The fourth-order valence-corrected chi connectivity index (χ4v) is 0.778. The summed E-state index contributed by atoms with van der Waals surface area (Å²) in [6, 6.07) is 0. The van der Waals surface area contributed by atoms with Crippen LogP contribution < -0.4 is 0 Å². The van der Waals surface area contributed by atoms with Gasteiger partial charge in [0, 0.05) is 5.54 Å². The molecule has 0 aromatic rings. The summed E-state index contributed by atoms with van der Waals surface area (Å²) in [5.41, 5.74) is 0.153. The van der Waals surface area contributed by atoms with Gasteiger partial charge in [-0.2, -0.15) is 0 Å². The average Bonchev–Trinajstić information content (AvgIpc) is 1.88. The maximum absolute atomic E-state index is 5.11. The number of rotatable bonds is 0. The van der Waals surface area contributed by atoms with Crippen molar-refractivity contribution in [3.63, 3.8) is 0 Å². The summed E-state index contributed by atoms with van der Waals surface area (Å²) in [7, 11) is 0. The Bertz CT molecular complexity index is 103. The Kier molecular flexibility index (Phi) is 2.28. The Morgan fingerprint density at radius 2 is 1.60 bits per heavy atom. The number of hydrogen-bond donors (Lipinski definition) is 0. The quantitative estimate of drug-likeness (QED) is 0.507. The van der Waals surface area contributed by atoms with Gasteiger partial charge in [-0.3, -0.25) is 4.90 Å². The smallest absolute Gasteiger partial charge is 0.150 e. The number of nitrogens with zero attached hydrogens (tertiary/aromatic N) is 1. The number of ether oxygens (including phenoxy) is 2. The van der Waals surface area contributed by atoms with Crippen molar-refractivity contribution in [1.82, 2.24) is 4.90 Å². The summed E-state index contributed by atoms with van der Waals surface area (Å²) in [4.78, 5) is 2.14. The largest absolute Gasteiger partial charge is 0.340 e. The molecule has 1 saturated heterocycles. The maximum Gasteiger partial charge on any atom is 0.150 e. The van der Waals surface area contributed by atoms with Gasteiger partial charge in [0.25, 0.3) is 0 Å². The molecule has 0 radical (unpaired) electrons. The van der Waals surface area contributed by atoms with E-state index in [1.54, 1.807) is 0 Å². The molecular weight excluding hydrogens is 130 g/mol. The third kappa shape index (κ3) is 1.94. The van der Waals surface area contributed by atoms with Crippen LogP contribution in [0.5, 0.6) is 0 Å². The first kappa shape index (κ1) is 7.98. The van der Waals surface area contributed by atoms with Gasteiger partial charge in [0.15, 0.2) is 0 Å².